The molecule has 0 aromatic rings. The van der Waals surface area contributed by atoms with Crippen LogP contribution in [0.25, 0.3) is 0 Å². The quantitative estimate of drug-likeness (QED) is 0.459. The Hall–Kier alpha value is -0.830. The molecule has 0 aliphatic heterocycles. The van der Waals surface area contributed by atoms with Crippen molar-refractivity contribution >= 4 is 5.97 Å². The molecule has 0 amide bonds. The van der Waals surface area contributed by atoms with E-state index in [4.69, 9.17) is 5.11 Å². The first-order chi connectivity index (χ1) is 4.60. The van der Waals surface area contributed by atoms with Crippen LogP contribution in [-0.4, -0.2) is 24.8 Å². The van der Waals surface area contributed by atoms with E-state index in [1.807, 2.05) is 0 Å². The van der Waals surface area contributed by atoms with E-state index in [9.17, 15) is 4.79 Å². The smallest absolute Gasteiger partial charge is 0.317 e. The summed E-state index contributed by atoms with van der Waals surface area (Å²) in [5.41, 5.74) is -0.950. The zero-order valence-electron chi connectivity index (χ0n) is 6.26. The summed E-state index contributed by atoms with van der Waals surface area (Å²) in [4.78, 5) is 10.8. The van der Waals surface area contributed by atoms with E-state index in [1.54, 1.807) is 6.92 Å². The van der Waals surface area contributed by atoms with Crippen molar-refractivity contribution in [1.82, 2.24) is 0 Å². The van der Waals surface area contributed by atoms with Gasteiger partial charge in [0.25, 0.3) is 0 Å². The van der Waals surface area contributed by atoms with Crippen LogP contribution in [0.2, 0.25) is 0 Å². The van der Waals surface area contributed by atoms with E-state index in [2.05, 4.69) is 11.3 Å². The lowest BCUT2D eigenvalue weighted by molar-refractivity contribution is -0.150. The summed E-state index contributed by atoms with van der Waals surface area (Å²) < 4.78 is 4.43. The largest absolute Gasteiger partial charge is 0.468 e. The van der Waals surface area contributed by atoms with Gasteiger partial charge in [0, 0.05) is 0 Å². The van der Waals surface area contributed by atoms with E-state index in [0.29, 0.717) is 0 Å². The third-order valence-electron chi connectivity index (χ3n) is 1.43. The second kappa shape index (κ2) is 3.37. The molecule has 0 saturated heterocycles. The molecule has 0 aliphatic carbocycles. The van der Waals surface area contributed by atoms with Crippen LogP contribution in [0.15, 0.2) is 12.7 Å². The predicted molar refractivity (Wildman–Crippen MR) is 37.4 cm³/mol. The van der Waals surface area contributed by atoms with Crippen molar-refractivity contribution in [2.45, 2.75) is 6.92 Å². The van der Waals surface area contributed by atoms with Crippen LogP contribution in [0.1, 0.15) is 6.92 Å². The van der Waals surface area contributed by atoms with Crippen LogP contribution < -0.4 is 0 Å². The summed E-state index contributed by atoms with van der Waals surface area (Å²) in [5, 5.41) is 8.71. The molecule has 0 spiro atoms. The maximum absolute atomic E-state index is 10.8. The summed E-state index contributed by atoms with van der Waals surface area (Å²) in [6, 6.07) is 0. The SMILES string of the molecule is C=CC(C)(CO)C(=O)OC. The molecule has 10 heavy (non-hydrogen) atoms. The fraction of sp³-hybridized carbons (Fsp3) is 0.571. The van der Waals surface area contributed by atoms with Gasteiger partial charge in [-0.15, -0.1) is 6.58 Å². The Bertz CT molecular complexity index is 142. The molecule has 0 aromatic heterocycles. The number of hydrogen-bond donors (Lipinski definition) is 1. The molecule has 0 aromatic carbocycles. The summed E-state index contributed by atoms with van der Waals surface area (Å²) in [7, 11) is 1.28. The number of aliphatic hydroxyl groups is 1. The van der Waals surface area contributed by atoms with E-state index in [-0.39, 0.29) is 6.61 Å². The molecule has 0 bridgehead atoms. The minimum Gasteiger partial charge on any atom is -0.468 e. The van der Waals surface area contributed by atoms with Crippen molar-refractivity contribution in [1.29, 1.82) is 0 Å². The Morgan fingerprint density at radius 3 is 2.50 bits per heavy atom. The van der Waals surface area contributed by atoms with Gasteiger partial charge in [-0.2, -0.15) is 0 Å². The van der Waals surface area contributed by atoms with Crippen molar-refractivity contribution in [2.75, 3.05) is 13.7 Å². The summed E-state index contributed by atoms with van der Waals surface area (Å²) >= 11 is 0. The normalized spacial score (nSPS) is 15.5. The Labute approximate surface area is 60.3 Å². The van der Waals surface area contributed by atoms with Crippen molar-refractivity contribution in [3.63, 3.8) is 0 Å². The minimum atomic E-state index is -0.950. The molecule has 1 unspecified atom stereocenters. The van der Waals surface area contributed by atoms with Crippen LogP contribution in [0, 0.1) is 5.41 Å². The standard InChI is InChI=1S/C7H12O3/c1-4-7(2,5-8)6(9)10-3/h4,8H,1,5H2,2-3H3. The number of methoxy groups -OCH3 is 1. The molecule has 0 rings (SSSR count). The van der Waals surface area contributed by atoms with Crippen LogP contribution in [0.3, 0.4) is 0 Å². The number of esters is 1. The van der Waals surface area contributed by atoms with Gasteiger partial charge in [-0.25, -0.2) is 0 Å². The Morgan fingerprint density at radius 1 is 1.90 bits per heavy atom. The van der Waals surface area contributed by atoms with Gasteiger partial charge in [-0.3, -0.25) is 4.79 Å². The molecule has 0 fully saturated rings. The average molecular weight is 144 g/mol. The number of ether oxygens (including phenoxy) is 1. The van der Waals surface area contributed by atoms with Crippen LogP contribution in [0.5, 0.6) is 0 Å². The van der Waals surface area contributed by atoms with Crippen molar-refractivity contribution < 1.29 is 14.6 Å². The van der Waals surface area contributed by atoms with Gasteiger partial charge in [-0.05, 0) is 6.92 Å². The molecule has 58 valence electrons. The lowest BCUT2D eigenvalue weighted by Gasteiger charge is -2.18. The predicted octanol–water partition coefficient (Wildman–Crippen LogP) is 0.344. The van der Waals surface area contributed by atoms with Gasteiger partial charge in [0.1, 0.15) is 5.41 Å². The summed E-state index contributed by atoms with van der Waals surface area (Å²) in [6.45, 7) is 4.70. The van der Waals surface area contributed by atoms with Crippen molar-refractivity contribution in [3.8, 4) is 0 Å². The number of carbonyl (C=O) groups excluding carboxylic acids is 1. The lowest BCUT2D eigenvalue weighted by atomic mass is 9.92. The Kier molecular flexibility index (Phi) is 3.09. The third kappa shape index (κ3) is 1.57. The highest BCUT2D eigenvalue weighted by Gasteiger charge is 2.29. The first kappa shape index (κ1) is 9.17. The monoisotopic (exact) mass is 144 g/mol. The number of hydrogen-bond acceptors (Lipinski definition) is 3. The number of rotatable bonds is 3. The summed E-state index contributed by atoms with van der Waals surface area (Å²) in [6.07, 6.45) is 1.37. The van der Waals surface area contributed by atoms with Gasteiger partial charge in [-0.1, -0.05) is 6.08 Å². The fourth-order valence-electron chi connectivity index (χ4n) is 0.446. The Morgan fingerprint density at radius 2 is 2.40 bits per heavy atom. The van der Waals surface area contributed by atoms with E-state index < -0.39 is 11.4 Å². The molecule has 0 radical (unpaired) electrons. The number of carbonyl (C=O) groups is 1. The third-order valence-corrected chi connectivity index (χ3v) is 1.43. The first-order valence-electron chi connectivity index (χ1n) is 2.93. The number of aliphatic hydroxyl groups excluding tert-OH is 1. The topological polar surface area (TPSA) is 46.5 Å². The lowest BCUT2D eigenvalue weighted by Crippen LogP contribution is -2.30. The molecule has 0 saturated carbocycles. The molecule has 1 atom stereocenters. The van der Waals surface area contributed by atoms with Crippen LogP contribution in [0.4, 0.5) is 0 Å². The average Bonchev–Trinajstić information content (AvgIpc) is 2.01. The second-order valence-electron chi connectivity index (χ2n) is 2.27. The van der Waals surface area contributed by atoms with E-state index in [0.717, 1.165) is 0 Å². The molecule has 0 aliphatic rings. The Balaban J connectivity index is 4.31. The highest BCUT2D eigenvalue weighted by molar-refractivity contribution is 5.78. The van der Waals surface area contributed by atoms with E-state index in [1.165, 1.54) is 13.2 Å². The van der Waals surface area contributed by atoms with Gasteiger partial charge >= 0.3 is 5.97 Å². The van der Waals surface area contributed by atoms with Crippen molar-refractivity contribution in [2.24, 2.45) is 5.41 Å². The van der Waals surface area contributed by atoms with Gasteiger partial charge < -0.3 is 9.84 Å². The zero-order chi connectivity index (χ0) is 8.20. The second-order valence-corrected chi connectivity index (χ2v) is 2.27. The molecule has 3 heteroatoms. The summed E-state index contributed by atoms with van der Waals surface area (Å²) in [5.74, 6) is -0.468. The molecule has 3 nitrogen and oxygen atoms in total. The van der Waals surface area contributed by atoms with E-state index >= 15 is 0 Å². The molecular weight excluding hydrogens is 132 g/mol. The maximum Gasteiger partial charge on any atom is 0.317 e. The van der Waals surface area contributed by atoms with Gasteiger partial charge in [0.15, 0.2) is 0 Å². The molecular formula is C7H12O3. The first-order valence-corrected chi connectivity index (χ1v) is 2.93. The minimum absolute atomic E-state index is 0.275. The van der Waals surface area contributed by atoms with Gasteiger partial charge in [0.2, 0.25) is 0 Å². The van der Waals surface area contributed by atoms with Crippen LogP contribution in [-0.2, 0) is 9.53 Å². The zero-order valence-corrected chi connectivity index (χ0v) is 6.26. The fourth-order valence-corrected chi connectivity index (χ4v) is 0.446. The maximum atomic E-state index is 10.8. The van der Waals surface area contributed by atoms with Crippen molar-refractivity contribution in [3.05, 3.63) is 12.7 Å². The van der Waals surface area contributed by atoms with Crippen LogP contribution >= 0.6 is 0 Å². The molecule has 0 heterocycles. The highest BCUT2D eigenvalue weighted by Crippen LogP contribution is 2.17. The molecule has 1 N–H and O–H groups in total. The van der Waals surface area contributed by atoms with Gasteiger partial charge in [0.05, 0.1) is 13.7 Å². The highest BCUT2D eigenvalue weighted by atomic mass is 16.5.